The van der Waals surface area contributed by atoms with Crippen LogP contribution in [0.25, 0.3) is 0 Å². The molecule has 0 saturated carbocycles. The van der Waals surface area contributed by atoms with Crippen molar-refractivity contribution in [3.8, 4) is 0 Å². The van der Waals surface area contributed by atoms with Gasteiger partial charge in [-0.1, -0.05) is 13.8 Å². The topological polar surface area (TPSA) is 100 Å². The molecule has 1 fully saturated rings. The minimum absolute atomic E-state index is 0.212. The summed E-state index contributed by atoms with van der Waals surface area (Å²) in [5, 5.41) is 8.98. The van der Waals surface area contributed by atoms with Crippen LogP contribution in [0, 0.1) is 11.8 Å². The fourth-order valence-corrected chi connectivity index (χ4v) is 1.80. The zero-order chi connectivity index (χ0) is 13.4. The smallest absolute Gasteiger partial charge is 0.358 e. The summed E-state index contributed by atoms with van der Waals surface area (Å²) in [6.07, 6.45) is 2.45. The predicted octanol–water partition coefficient (Wildman–Crippen LogP) is 0.320. The molecule has 0 aliphatic carbocycles. The third-order valence-corrected chi connectivity index (χ3v) is 3.06. The monoisotopic (exact) mass is 249 g/mol. The Morgan fingerprint density at radius 1 is 1.17 bits per heavy atom. The fraction of sp³-hybridized carbons (Fsp3) is 0.364. The van der Waals surface area contributed by atoms with Crippen molar-refractivity contribution in [2.45, 2.75) is 13.8 Å². The highest BCUT2D eigenvalue weighted by molar-refractivity contribution is 6.22. The highest BCUT2D eigenvalue weighted by Crippen LogP contribution is 2.30. The predicted molar refractivity (Wildman–Crippen MR) is 59.8 cm³/mol. The van der Waals surface area contributed by atoms with E-state index in [9.17, 15) is 14.4 Å². The molecule has 2 rings (SSSR count). The average Bonchev–Trinajstić information content (AvgIpc) is 2.54. The summed E-state index contributed by atoms with van der Waals surface area (Å²) in [4.78, 5) is 43.1. The molecule has 2 amide bonds. The average molecular weight is 249 g/mol. The van der Waals surface area contributed by atoms with E-state index >= 15 is 0 Å². The summed E-state index contributed by atoms with van der Waals surface area (Å²) in [5.74, 6) is -3.41. The molecule has 1 aliphatic rings. The van der Waals surface area contributed by atoms with Gasteiger partial charge >= 0.3 is 5.97 Å². The summed E-state index contributed by atoms with van der Waals surface area (Å²) in [5.41, 5.74) is -0.402. The molecule has 7 nitrogen and oxygen atoms in total. The molecule has 0 spiro atoms. The standard InChI is InChI=1S/C11H11N3O4/c1-5-6(2)10(16)14(9(5)15)8-7(11(17)18)12-3-4-13-8/h3-6H,1-2H3,(H,17,18). The van der Waals surface area contributed by atoms with Gasteiger partial charge in [0.15, 0.2) is 11.5 Å². The van der Waals surface area contributed by atoms with E-state index in [1.165, 1.54) is 12.4 Å². The fourth-order valence-electron chi connectivity index (χ4n) is 1.80. The maximum atomic E-state index is 11.9. The lowest BCUT2D eigenvalue weighted by molar-refractivity contribution is -0.122. The maximum absolute atomic E-state index is 11.9. The van der Waals surface area contributed by atoms with Crippen molar-refractivity contribution in [1.82, 2.24) is 9.97 Å². The molecular formula is C11H11N3O4. The van der Waals surface area contributed by atoms with Crippen LogP contribution in [0.1, 0.15) is 24.3 Å². The Hall–Kier alpha value is -2.31. The van der Waals surface area contributed by atoms with Gasteiger partial charge in [-0.15, -0.1) is 0 Å². The van der Waals surface area contributed by atoms with E-state index in [0.717, 1.165) is 4.90 Å². The van der Waals surface area contributed by atoms with E-state index in [1.807, 2.05) is 0 Å². The molecule has 1 aromatic heterocycles. The van der Waals surface area contributed by atoms with Gasteiger partial charge in [-0.05, 0) is 0 Å². The molecule has 0 radical (unpaired) electrons. The largest absolute Gasteiger partial charge is 0.476 e. The number of hydrogen-bond acceptors (Lipinski definition) is 5. The van der Waals surface area contributed by atoms with Crippen LogP contribution in [-0.4, -0.2) is 32.9 Å². The van der Waals surface area contributed by atoms with Gasteiger partial charge < -0.3 is 5.11 Å². The Balaban J connectivity index is 2.53. The number of carbonyl (C=O) groups excluding carboxylic acids is 2. The number of carboxylic acid groups (broad SMARTS) is 1. The van der Waals surface area contributed by atoms with Crippen molar-refractivity contribution in [3.05, 3.63) is 18.1 Å². The first-order valence-electron chi connectivity index (χ1n) is 5.37. The molecule has 1 saturated heterocycles. The summed E-state index contributed by atoms with van der Waals surface area (Å²) in [6.45, 7) is 3.25. The van der Waals surface area contributed by atoms with Gasteiger partial charge in [0.25, 0.3) is 0 Å². The van der Waals surface area contributed by atoms with Crippen LogP contribution in [0.2, 0.25) is 0 Å². The molecule has 2 atom stereocenters. The van der Waals surface area contributed by atoms with Gasteiger partial charge in [0.1, 0.15) is 0 Å². The van der Waals surface area contributed by atoms with Crippen LogP contribution in [0.15, 0.2) is 12.4 Å². The Labute approximate surface area is 102 Å². The van der Waals surface area contributed by atoms with Crippen molar-refractivity contribution in [2.24, 2.45) is 11.8 Å². The number of aromatic nitrogens is 2. The molecular weight excluding hydrogens is 238 g/mol. The summed E-state index contributed by atoms with van der Waals surface area (Å²) < 4.78 is 0. The molecule has 2 unspecified atom stereocenters. The van der Waals surface area contributed by atoms with Crippen LogP contribution in [0.4, 0.5) is 5.82 Å². The van der Waals surface area contributed by atoms with Gasteiger partial charge in [-0.3, -0.25) is 9.59 Å². The Morgan fingerprint density at radius 3 is 2.17 bits per heavy atom. The number of imide groups is 1. The van der Waals surface area contributed by atoms with Gasteiger partial charge in [-0.2, -0.15) is 0 Å². The number of carbonyl (C=O) groups is 3. The maximum Gasteiger partial charge on any atom is 0.358 e. The first-order valence-corrected chi connectivity index (χ1v) is 5.37. The number of anilines is 1. The third-order valence-electron chi connectivity index (χ3n) is 3.06. The first-order chi connectivity index (χ1) is 8.45. The van der Waals surface area contributed by atoms with Crippen LogP contribution in [0.3, 0.4) is 0 Å². The van der Waals surface area contributed by atoms with Gasteiger partial charge in [0.2, 0.25) is 11.8 Å². The van der Waals surface area contributed by atoms with Crippen molar-refractivity contribution >= 4 is 23.6 Å². The van der Waals surface area contributed by atoms with E-state index in [1.54, 1.807) is 13.8 Å². The molecule has 1 aliphatic heterocycles. The van der Waals surface area contributed by atoms with Crippen molar-refractivity contribution in [2.75, 3.05) is 4.90 Å². The van der Waals surface area contributed by atoms with E-state index in [0.29, 0.717) is 0 Å². The van der Waals surface area contributed by atoms with Crippen LogP contribution in [-0.2, 0) is 9.59 Å². The summed E-state index contributed by atoms with van der Waals surface area (Å²) in [6, 6.07) is 0. The molecule has 1 aromatic rings. The second kappa shape index (κ2) is 4.17. The van der Waals surface area contributed by atoms with Gasteiger partial charge in [0.05, 0.1) is 0 Å². The third kappa shape index (κ3) is 1.64. The quantitative estimate of drug-likeness (QED) is 0.757. The highest BCUT2D eigenvalue weighted by atomic mass is 16.4. The Kier molecular flexibility index (Phi) is 2.82. The molecule has 2 heterocycles. The number of hydrogen-bond donors (Lipinski definition) is 1. The SMILES string of the molecule is CC1C(=O)N(c2nccnc2C(=O)O)C(=O)C1C. The van der Waals surface area contributed by atoms with Crippen molar-refractivity contribution < 1.29 is 19.5 Å². The lowest BCUT2D eigenvalue weighted by Crippen LogP contribution is -2.33. The summed E-state index contributed by atoms with van der Waals surface area (Å²) >= 11 is 0. The van der Waals surface area contributed by atoms with E-state index in [-0.39, 0.29) is 5.82 Å². The number of rotatable bonds is 2. The molecule has 1 N–H and O–H groups in total. The molecule has 7 heteroatoms. The van der Waals surface area contributed by atoms with Crippen LogP contribution in [0.5, 0.6) is 0 Å². The Bertz CT molecular complexity index is 523. The normalized spacial score (nSPS) is 23.6. The number of amides is 2. The molecule has 94 valence electrons. The lowest BCUT2D eigenvalue weighted by Gasteiger charge is -2.14. The van der Waals surface area contributed by atoms with Gasteiger partial charge in [-0.25, -0.2) is 19.7 Å². The zero-order valence-electron chi connectivity index (χ0n) is 9.82. The van der Waals surface area contributed by atoms with Crippen molar-refractivity contribution in [1.29, 1.82) is 0 Å². The molecule has 0 aromatic carbocycles. The zero-order valence-corrected chi connectivity index (χ0v) is 9.82. The van der Waals surface area contributed by atoms with Gasteiger partial charge in [0, 0.05) is 24.2 Å². The van der Waals surface area contributed by atoms with Crippen molar-refractivity contribution in [3.63, 3.8) is 0 Å². The Morgan fingerprint density at radius 2 is 1.67 bits per heavy atom. The van der Waals surface area contributed by atoms with E-state index in [4.69, 9.17) is 5.11 Å². The molecule has 18 heavy (non-hydrogen) atoms. The lowest BCUT2D eigenvalue weighted by atomic mass is 10.00. The molecule has 0 bridgehead atoms. The minimum atomic E-state index is -1.33. The highest BCUT2D eigenvalue weighted by Gasteiger charge is 2.45. The van der Waals surface area contributed by atoms with Crippen LogP contribution >= 0.6 is 0 Å². The number of nitrogens with zero attached hydrogens (tertiary/aromatic N) is 3. The van der Waals surface area contributed by atoms with E-state index < -0.39 is 35.3 Å². The number of aromatic carboxylic acids is 1. The summed E-state index contributed by atoms with van der Waals surface area (Å²) in [7, 11) is 0. The second-order valence-corrected chi connectivity index (χ2v) is 4.12. The number of carboxylic acids is 1. The van der Waals surface area contributed by atoms with Crippen LogP contribution < -0.4 is 4.90 Å². The van der Waals surface area contributed by atoms with E-state index in [2.05, 4.69) is 9.97 Å². The first kappa shape index (κ1) is 12.2. The minimum Gasteiger partial charge on any atom is -0.476 e. The second-order valence-electron chi connectivity index (χ2n) is 4.12.